The van der Waals surface area contributed by atoms with Gasteiger partial charge in [-0.2, -0.15) is 0 Å². The van der Waals surface area contributed by atoms with Crippen LogP contribution in [0.3, 0.4) is 0 Å². The first-order valence-corrected chi connectivity index (χ1v) is 11.4. The molecule has 0 radical (unpaired) electrons. The number of nitrogens with zero attached hydrogens (tertiary/aromatic N) is 1. The molecule has 0 unspecified atom stereocenters. The second-order valence-electron chi connectivity index (χ2n) is 8.99. The summed E-state index contributed by atoms with van der Waals surface area (Å²) in [6.07, 6.45) is 0.977. The Labute approximate surface area is 190 Å². The molecule has 0 saturated heterocycles. The highest BCUT2D eigenvalue weighted by atomic mass is 16.3. The molecule has 0 fully saturated rings. The molecular weight excluding hydrogens is 402 g/mol. The van der Waals surface area contributed by atoms with Gasteiger partial charge in [0.25, 0.3) is 0 Å². The average Bonchev–Trinajstić information content (AvgIpc) is 3.51. The second kappa shape index (κ2) is 6.14. The van der Waals surface area contributed by atoms with Gasteiger partial charge in [0, 0.05) is 33.3 Å². The molecule has 1 aliphatic carbocycles. The molecule has 0 bridgehead atoms. The molecule has 0 N–H and O–H groups in total. The zero-order valence-electron chi connectivity index (χ0n) is 17.9. The van der Waals surface area contributed by atoms with Gasteiger partial charge >= 0.3 is 0 Å². The van der Waals surface area contributed by atoms with Crippen molar-refractivity contribution in [1.29, 1.82) is 0 Å². The van der Waals surface area contributed by atoms with Crippen LogP contribution in [0, 0.1) is 0 Å². The van der Waals surface area contributed by atoms with Gasteiger partial charge < -0.3 is 8.98 Å². The summed E-state index contributed by atoms with van der Waals surface area (Å²) < 4.78 is 8.77. The third kappa shape index (κ3) is 2.27. The summed E-state index contributed by atoms with van der Waals surface area (Å²) in [6.45, 7) is 0. The van der Waals surface area contributed by atoms with Crippen LogP contribution in [0.1, 0.15) is 11.1 Å². The van der Waals surface area contributed by atoms with Crippen LogP contribution >= 0.6 is 0 Å². The van der Waals surface area contributed by atoms with Gasteiger partial charge in [-0.25, -0.2) is 0 Å². The van der Waals surface area contributed by atoms with E-state index in [4.69, 9.17) is 4.42 Å². The van der Waals surface area contributed by atoms with Crippen molar-refractivity contribution in [3.05, 3.63) is 114 Å². The van der Waals surface area contributed by atoms with E-state index in [1.165, 1.54) is 54.8 Å². The summed E-state index contributed by atoms with van der Waals surface area (Å²) in [5.41, 5.74) is 10.9. The number of fused-ring (bicyclic) bond motifs is 9. The fourth-order valence-electron chi connectivity index (χ4n) is 5.73. The number of rotatable bonds is 1. The first-order valence-electron chi connectivity index (χ1n) is 11.4. The zero-order chi connectivity index (χ0) is 21.5. The molecule has 2 aromatic heterocycles. The molecule has 0 amide bonds. The summed E-state index contributed by atoms with van der Waals surface area (Å²) in [6, 6.07) is 37.1. The third-order valence-electron chi connectivity index (χ3n) is 7.21. The highest BCUT2D eigenvalue weighted by Crippen LogP contribution is 2.42. The Kier molecular flexibility index (Phi) is 3.22. The highest BCUT2D eigenvalue weighted by Gasteiger charge is 2.21. The van der Waals surface area contributed by atoms with Crippen LogP contribution in [0.4, 0.5) is 0 Å². The lowest BCUT2D eigenvalue weighted by Crippen LogP contribution is -1.93. The maximum absolute atomic E-state index is 6.43. The van der Waals surface area contributed by atoms with Gasteiger partial charge in [0.05, 0.1) is 11.0 Å². The van der Waals surface area contributed by atoms with E-state index in [0.29, 0.717) is 0 Å². The SMILES string of the molecule is c1ccc2c(c1)Cc1cc3oc4cc(-n5c6ccccc6c6ccccc65)ccc4c3cc1-2. The molecule has 33 heavy (non-hydrogen) atoms. The number of benzene rings is 5. The molecule has 2 nitrogen and oxygen atoms in total. The van der Waals surface area contributed by atoms with Gasteiger partial charge in [0.1, 0.15) is 11.2 Å². The Morgan fingerprint density at radius 2 is 1.21 bits per heavy atom. The van der Waals surface area contributed by atoms with Crippen LogP contribution in [-0.4, -0.2) is 4.57 Å². The molecule has 8 rings (SSSR count). The summed E-state index contributed by atoms with van der Waals surface area (Å²) >= 11 is 0. The molecule has 2 heteroatoms. The highest BCUT2D eigenvalue weighted by molar-refractivity contribution is 6.11. The maximum atomic E-state index is 6.43. The molecule has 2 heterocycles. The van der Waals surface area contributed by atoms with Crippen molar-refractivity contribution in [3.63, 3.8) is 0 Å². The Morgan fingerprint density at radius 1 is 0.515 bits per heavy atom. The molecular formula is C31H19NO. The molecule has 0 saturated carbocycles. The lowest BCUT2D eigenvalue weighted by Gasteiger charge is -2.07. The fourth-order valence-corrected chi connectivity index (χ4v) is 5.73. The number of aromatic nitrogens is 1. The van der Waals surface area contributed by atoms with Crippen LogP contribution < -0.4 is 0 Å². The normalized spacial score (nSPS) is 12.7. The Hall–Kier alpha value is -4.30. The van der Waals surface area contributed by atoms with Gasteiger partial charge in [0.2, 0.25) is 0 Å². The summed E-state index contributed by atoms with van der Waals surface area (Å²) in [5.74, 6) is 0. The molecule has 5 aromatic carbocycles. The van der Waals surface area contributed by atoms with E-state index in [9.17, 15) is 0 Å². The van der Waals surface area contributed by atoms with E-state index in [1.54, 1.807) is 0 Å². The first kappa shape index (κ1) is 17.3. The number of furan rings is 1. The van der Waals surface area contributed by atoms with Crippen LogP contribution in [0.2, 0.25) is 0 Å². The van der Waals surface area contributed by atoms with Crippen molar-refractivity contribution < 1.29 is 4.42 Å². The van der Waals surface area contributed by atoms with Crippen molar-refractivity contribution in [2.24, 2.45) is 0 Å². The van der Waals surface area contributed by atoms with E-state index in [2.05, 4.69) is 108 Å². The molecule has 0 atom stereocenters. The van der Waals surface area contributed by atoms with Crippen molar-refractivity contribution in [2.45, 2.75) is 6.42 Å². The Morgan fingerprint density at radius 3 is 2.03 bits per heavy atom. The standard InChI is InChI=1S/C31H19NO/c1-2-8-22-19(7-1)15-20-16-30-27(18-26(20)22)25-14-13-21(17-31(25)33-30)32-28-11-5-3-9-23(28)24-10-4-6-12-29(24)32/h1-14,16-18H,15H2. The first-order chi connectivity index (χ1) is 16.3. The molecule has 0 spiro atoms. The topological polar surface area (TPSA) is 18.1 Å². The maximum Gasteiger partial charge on any atom is 0.137 e. The summed E-state index contributed by atoms with van der Waals surface area (Å²) in [4.78, 5) is 0. The van der Waals surface area contributed by atoms with Crippen LogP contribution in [0.5, 0.6) is 0 Å². The molecule has 7 aromatic rings. The van der Waals surface area contributed by atoms with E-state index in [1.807, 2.05) is 0 Å². The van der Waals surface area contributed by atoms with E-state index < -0.39 is 0 Å². The molecule has 0 aliphatic heterocycles. The predicted octanol–water partition coefficient (Wildman–Crippen LogP) is 8.25. The number of para-hydroxylation sites is 2. The second-order valence-corrected chi connectivity index (χ2v) is 8.99. The quantitative estimate of drug-likeness (QED) is 0.261. The van der Waals surface area contributed by atoms with Crippen molar-refractivity contribution >= 4 is 43.7 Å². The number of hydrogen-bond acceptors (Lipinski definition) is 1. The predicted molar refractivity (Wildman–Crippen MR) is 136 cm³/mol. The fraction of sp³-hybridized carbons (Fsp3) is 0.0323. The summed E-state index contributed by atoms with van der Waals surface area (Å²) in [5, 5.41) is 4.90. The third-order valence-corrected chi connectivity index (χ3v) is 7.21. The van der Waals surface area contributed by atoms with Crippen molar-refractivity contribution in [2.75, 3.05) is 0 Å². The number of hydrogen-bond donors (Lipinski definition) is 0. The van der Waals surface area contributed by atoms with Crippen molar-refractivity contribution in [3.8, 4) is 16.8 Å². The van der Waals surface area contributed by atoms with E-state index in [-0.39, 0.29) is 0 Å². The molecule has 1 aliphatic rings. The summed E-state index contributed by atoms with van der Waals surface area (Å²) in [7, 11) is 0. The van der Waals surface area contributed by atoms with Crippen LogP contribution in [0.25, 0.3) is 60.6 Å². The molecule has 154 valence electrons. The van der Waals surface area contributed by atoms with E-state index in [0.717, 1.165) is 23.3 Å². The van der Waals surface area contributed by atoms with Gasteiger partial charge in [-0.05, 0) is 65.1 Å². The Balaban J connectivity index is 1.38. The minimum atomic E-state index is 0.932. The van der Waals surface area contributed by atoms with Gasteiger partial charge in [-0.1, -0.05) is 60.7 Å². The van der Waals surface area contributed by atoms with Crippen molar-refractivity contribution in [1.82, 2.24) is 4.57 Å². The lowest BCUT2D eigenvalue weighted by molar-refractivity contribution is 0.668. The minimum absolute atomic E-state index is 0.932. The van der Waals surface area contributed by atoms with Gasteiger partial charge in [-0.3, -0.25) is 0 Å². The van der Waals surface area contributed by atoms with E-state index >= 15 is 0 Å². The minimum Gasteiger partial charge on any atom is -0.456 e. The Bertz CT molecular complexity index is 1850. The van der Waals surface area contributed by atoms with Gasteiger partial charge in [-0.15, -0.1) is 0 Å². The smallest absolute Gasteiger partial charge is 0.137 e. The van der Waals surface area contributed by atoms with Crippen LogP contribution in [-0.2, 0) is 6.42 Å². The average molecular weight is 421 g/mol. The van der Waals surface area contributed by atoms with Gasteiger partial charge in [0.15, 0.2) is 0 Å². The zero-order valence-corrected chi connectivity index (χ0v) is 17.9. The monoisotopic (exact) mass is 421 g/mol. The lowest BCUT2D eigenvalue weighted by atomic mass is 10.0. The van der Waals surface area contributed by atoms with Crippen LogP contribution in [0.15, 0.2) is 108 Å². The largest absolute Gasteiger partial charge is 0.456 e.